The van der Waals surface area contributed by atoms with Crippen molar-refractivity contribution in [2.45, 2.75) is 30.2 Å². The van der Waals surface area contributed by atoms with Crippen molar-refractivity contribution in [1.29, 1.82) is 0 Å². The molecule has 0 heterocycles. The summed E-state index contributed by atoms with van der Waals surface area (Å²) in [4.78, 5) is -0.00180. The topological polar surface area (TPSA) is 37.4 Å². The summed E-state index contributed by atoms with van der Waals surface area (Å²) in [6.45, 7) is 0. The third-order valence-corrected chi connectivity index (χ3v) is 6.11. The Kier molecular flexibility index (Phi) is 4.02. The molecule has 2 aromatic rings. The Bertz CT molecular complexity index is 789. The molecule has 3 nitrogen and oxygen atoms in total. The second-order valence-electron chi connectivity index (χ2n) is 5.59. The lowest BCUT2D eigenvalue weighted by Gasteiger charge is -2.32. The minimum absolute atomic E-state index is 0.00180. The lowest BCUT2D eigenvalue weighted by Crippen LogP contribution is -2.33. The summed E-state index contributed by atoms with van der Waals surface area (Å²) in [6.07, 6.45) is 2.70. The molecule has 0 N–H and O–H groups in total. The van der Waals surface area contributed by atoms with Crippen LogP contribution in [0.25, 0.3) is 0 Å². The molecule has 0 radical (unpaired) electrons. The highest BCUT2D eigenvalue weighted by molar-refractivity contribution is 7.89. The van der Waals surface area contributed by atoms with Crippen molar-refractivity contribution in [3.63, 3.8) is 0 Å². The van der Waals surface area contributed by atoms with Crippen LogP contribution in [-0.2, 0) is 16.4 Å². The average molecular weight is 319 g/mol. The van der Waals surface area contributed by atoms with Gasteiger partial charge in [-0.05, 0) is 48.6 Å². The molecular weight excluding hydrogens is 301 g/mol. The third-order valence-electron chi connectivity index (χ3n) is 4.25. The number of hydrogen-bond donors (Lipinski definition) is 0. The summed E-state index contributed by atoms with van der Waals surface area (Å²) >= 11 is 0. The van der Waals surface area contributed by atoms with Crippen molar-refractivity contribution in [2.75, 3.05) is 7.05 Å². The predicted molar refractivity (Wildman–Crippen MR) is 83.5 cm³/mol. The van der Waals surface area contributed by atoms with Crippen LogP contribution in [0.5, 0.6) is 0 Å². The molecule has 0 amide bonds. The smallest absolute Gasteiger partial charge is 0.207 e. The van der Waals surface area contributed by atoms with E-state index in [2.05, 4.69) is 0 Å². The van der Waals surface area contributed by atoms with Gasteiger partial charge in [-0.1, -0.05) is 30.3 Å². The Balaban J connectivity index is 1.99. The number of fused-ring (bicyclic) bond motifs is 1. The zero-order chi connectivity index (χ0) is 15.7. The largest absolute Gasteiger partial charge is 0.243 e. The van der Waals surface area contributed by atoms with Gasteiger partial charge in [0, 0.05) is 13.1 Å². The zero-order valence-corrected chi connectivity index (χ0v) is 13.2. The van der Waals surface area contributed by atoms with E-state index >= 15 is 0 Å². The van der Waals surface area contributed by atoms with Gasteiger partial charge in [-0.15, -0.1) is 0 Å². The molecule has 5 heteroatoms. The number of hydrogen-bond acceptors (Lipinski definition) is 2. The van der Waals surface area contributed by atoms with Crippen molar-refractivity contribution in [2.24, 2.45) is 0 Å². The fourth-order valence-electron chi connectivity index (χ4n) is 3.07. The van der Waals surface area contributed by atoms with Crippen LogP contribution < -0.4 is 0 Å². The summed E-state index contributed by atoms with van der Waals surface area (Å²) in [5, 5.41) is 0. The van der Waals surface area contributed by atoms with Gasteiger partial charge in [-0.2, -0.15) is 4.31 Å². The van der Waals surface area contributed by atoms with Gasteiger partial charge in [0.1, 0.15) is 5.82 Å². The summed E-state index contributed by atoms with van der Waals surface area (Å²) in [5.74, 6) is -0.543. The quantitative estimate of drug-likeness (QED) is 0.868. The zero-order valence-electron chi connectivity index (χ0n) is 12.4. The molecule has 1 aliphatic carbocycles. The minimum atomic E-state index is -3.71. The molecule has 1 aliphatic rings. The van der Waals surface area contributed by atoms with Gasteiger partial charge in [-0.3, -0.25) is 0 Å². The van der Waals surface area contributed by atoms with E-state index in [0.717, 1.165) is 30.9 Å². The minimum Gasteiger partial charge on any atom is -0.207 e. The van der Waals surface area contributed by atoms with Crippen LogP contribution in [-0.4, -0.2) is 19.8 Å². The van der Waals surface area contributed by atoms with E-state index in [1.165, 1.54) is 28.1 Å². The number of aryl methyl sites for hydroxylation is 1. The maximum atomic E-state index is 13.4. The number of nitrogens with zero attached hydrogens (tertiary/aromatic N) is 1. The molecule has 0 spiro atoms. The van der Waals surface area contributed by atoms with Crippen LogP contribution in [0.4, 0.5) is 4.39 Å². The maximum absolute atomic E-state index is 13.4. The van der Waals surface area contributed by atoms with E-state index in [1.54, 1.807) is 7.05 Å². The molecule has 0 fully saturated rings. The highest BCUT2D eigenvalue weighted by Gasteiger charge is 2.32. The van der Waals surface area contributed by atoms with Gasteiger partial charge >= 0.3 is 0 Å². The van der Waals surface area contributed by atoms with Gasteiger partial charge in [-0.25, -0.2) is 12.8 Å². The first-order chi connectivity index (χ1) is 10.5. The van der Waals surface area contributed by atoms with Crippen molar-refractivity contribution in [3.8, 4) is 0 Å². The lowest BCUT2D eigenvalue weighted by molar-refractivity contribution is 0.337. The van der Waals surface area contributed by atoms with Crippen molar-refractivity contribution >= 4 is 10.0 Å². The van der Waals surface area contributed by atoms with Gasteiger partial charge in [0.2, 0.25) is 10.0 Å². The summed E-state index contributed by atoms with van der Waals surface area (Å²) in [6, 6.07) is 12.9. The first-order valence-electron chi connectivity index (χ1n) is 7.31. The van der Waals surface area contributed by atoms with E-state index in [4.69, 9.17) is 0 Å². The monoisotopic (exact) mass is 319 g/mol. The Labute approximate surface area is 130 Å². The Morgan fingerprint density at radius 3 is 2.68 bits per heavy atom. The van der Waals surface area contributed by atoms with Gasteiger partial charge in [0.15, 0.2) is 0 Å². The molecule has 2 aromatic carbocycles. The van der Waals surface area contributed by atoms with Gasteiger partial charge in [0.05, 0.1) is 4.90 Å². The summed E-state index contributed by atoms with van der Waals surface area (Å²) in [5.41, 5.74) is 2.25. The number of rotatable bonds is 3. The molecule has 22 heavy (non-hydrogen) atoms. The fraction of sp³-hybridized carbons (Fsp3) is 0.294. The fourth-order valence-corrected chi connectivity index (χ4v) is 4.47. The van der Waals surface area contributed by atoms with E-state index in [9.17, 15) is 12.8 Å². The van der Waals surface area contributed by atoms with E-state index in [1.807, 2.05) is 24.3 Å². The van der Waals surface area contributed by atoms with Gasteiger partial charge in [0.25, 0.3) is 0 Å². The van der Waals surface area contributed by atoms with Gasteiger partial charge < -0.3 is 0 Å². The molecule has 0 saturated carbocycles. The Morgan fingerprint density at radius 1 is 1.14 bits per heavy atom. The highest BCUT2D eigenvalue weighted by atomic mass is 32.2. The molecule has 1 atom stereocenters. The lowest BCUT2D eigenvalue weighted by atomic mass is 9.88. The number of halogens is 1. The van der Waals surface area contributed by atoms with Crippen LogP contribution in [0.1, 0.15) is 30.0 Å². The van der Waals surface area contributed by atoms with Crippen LogP contribution in [0.2, 0.25) is 0 Å². The predicted octanol–water partition coefficient (Wildman–Crippen LogP) is 3.52. The molecule has 0 saturated heterocycles. The van der Waals surface area contributed by atoms with Crippen LogP contribution in [0.3, 0.4) is 0 Å². The molecule has 0 unspecified atom stereocenters. The van der Waals surface area contributed by atoms with Crippen molar-refractivity contribution in [3.05, 3.63) is 65.5 Å². The first kappa shape index (κ1) is 15.2. The third kappa shape index (κ3) is 2.66. The van der Waals surface area contributed by atoms with Crippen LogP contribution >= 0.6 is 0 Å². The molecule has 0 aliphatic heterocycles. The highest BCUT2D eigenvalue weighted by Crippen LogP contribution is 2.36. The van der Waals surface area contributed by atoms with Crippen LogP contribution in [0.15, 0.2) is 53.4 Å². The average Bonchev–Trinajstić information content (AvgIpc) is 2.53. The van der Waals surface area contributed by atoms with Crippen molar-refractivity contribution < 1.29 is 12.8 Å². The second kappa shape index (κ2) is 5.82. The van der Waals surface area contributed by atoms with E-state index in [0.29, 0.717) is 0 Å². The standard InChI is InChI=1S/C17H18FNO2S/c1-19(22(20,21)15-9-5-8-14(18)12-15)17-11-4-7-13-6-2-3-10-16(13)17/h2-3,5-6,8-10,12,17H,4,7,11H2,1H3/t17-/m0/s1. The molecule has 3 rings (SSSR count). The van der Waals surface area contributed by atoms with Crippen molar-refractivity contribution in [1.82, 2.24) is 4.31 Å². The molecule has 116 valence electrons. The second-order valence-corrected chi connectivity index (χ2v) is 7.58. The summed E-state index contributed by atoms with van der Waals surface area (Å²) in [7, 11) is -2.13. The van der Waals surface area contributed by atoms with Crippen LogP contribution in [0, 0.1) is 5.82 Å². The van der Waals surface area contributed by atoms with E-state index in [-0.39, 0.29) is 10.9 Å². The SMILES string of the molecule is CN([C@H]1CCCc2ccccc21)S(=O)(=O)c1cccc(F)c1. The molecule has 0 aromatic heterocycles. The summed E-state index contributed by atoms with van der Waals surface area (Å²) < 4.78 is 40.2. The normalized spacial score (nSPS) is 18.2. The number of sulfonamides is 1. The Morgan fingerprint density at radius 2 is 1.91 bits per heavy atom. The first-order valence-corrected chi connectivity index (χ1v) is 8.75. The Hall–Kier alpha value is -1.72. The molecular formula is C17H18FNO2S. The number of benzene rings is 2. The maximum Gasteiger partial charge on any atom is 0.243 e. The molecule has 0 bridgehead atoms. The van der Waals surface area contributed by atoms with E-state index < -0.39 is 15.8 Å².